The van der Waals surface area contributed by atoms with Crippen LogP contribution in [0.1, 0.15) is 27.8 Å². The van der Waals surface area contributed by atoms with Crippen molar-refractivity contribution in [2.75, 3.05) is 6.61 Å². The highest BCUT2D eigenvalue weighted by molar-refractivity contribution is 6.11. The summed E-state index contributed by atoms with van der Waals surface area (Å²) in [5, 5.41) is 21.7. The van der Waals surface area contributed by atoms with E-state index in [4.69, 9.17) is 9.84 Å². The smallest absolute Gasteiger partial charge is 0.359 e. The highest BCUT2D eigenvalue weighted by atomic mass is 16.5. The van der Waals surface area contributed by atoms with Crippen LogP contribution in [0.3, 0.4) is 0 Å². The van der Waals surface area contributed by atoms with Crippen LogP contribution in [-0.2, 0) is 4.74 Å². The van der Waals surface area contributed by atoms with E-state index in [9.17, 15) is 9.59 Å². The first kappa shape index (κ1) is 15.8. The zero-order valence-electron chi connectivity index (χ0n) is 13.8. The van der Waals surface area contributed by atoms with Gasteiger partial charge in [0, 0.05) is 17.0 Å². The maximum atomic E-state index is 12.0. The molecule has 0 radical (unpaired) electrons. The lowest BCUT2D eigenvalue weighted by Gasteiger charge is -2.05. The number of aromatic amines is 1. The van der Waals surface area contributed by atoms with E-state index in [0.717, 1.165) is 16.6 Å². The van der Waals surface area contributed by atoms with Gasteiger partial charge in [0.2, 0.25) is 0 Å². The Balaban J connectivity index is 1.83. The molecule has 0 aliphatic heterocycles. The molecule has 0 unspecified atom stereocenters. The van der Waals surface area contributed by atoms with Gasteiger partial charge < -0.3 is 14.9 Å². The monoisotopic (exact) mass is 350 g/mol. The summed E-state index contributed by atoms with van der Waals surface area (Å²) in [5.74, 6) is -1.47. The van der Waals surface area contributed by atoms with Crippen molar-refractivity contribution in [3.8, 4) is 5.69 Å². The van der Waals surface area contributed by atoms with E-state index >= 15 is 0 Å². The molecule has 0 spiro atoms. The molecule has 2 aromatic carbocycles. The number of aromatic nitrogens is 4. The molecule has 26 heavy (non-hydrogen) atoms. The Morgan fingerprint density at radius 2 is 1.88 bits per heavy atom. The molecule has 2 aromatic heterocycles. The zero-order chi connectivity index (χ0) is 18.3. The molecule has 0 amide bonds. The van der Waals surface area contributed by atoms with Crippen LogP contribution in [0.25, 0.3) is 27.5 Å². The average molecular weight is 350 g/mol. The second kappa shape index (κ2) is 5.99. The minimum absolute atomic E-state index is 0.197. The number of nitrogens with zero attached hydrogens (tertiary/aromatic N) is 3. The van der Waals surface area contributed by atoms with Crippen LogP contribution < -0.4 is 0 Å². The number of H-pyrrole nitrogens is 1. The van der Waals surface area contributed by atoms with Crippen LogP contribution in [0.2, 0.25) is 0 Å². The van der Waals surface area contributed by atoms with Crippen LogP contribution >= 0.6 is 0 Å². The molecule has 130 valence electrons. The molecule has 0 saturated carbocycles. The van der Waals surface area contributed by atoms with Crippen LogP contribution in [0.5, 0.6) is 0 Å². The van der Waals surface area contributed by atoms with Crippen molar-refractivity contribution in [2.45, 2.75) is 6.92 Å². The number of carbonyl (C=O) groups is 2. The van der Waals surface area contributed by atoms with E-state index in [-0.39, 0.29) is 17.9 Å². The van der Waals surface area contributed by atoms with E-state index < -0.39 is 11.9 Å². The highest BCUT2D eigenvalue weighted by Crippen LogP contribution is 2.27. The van der Waals surface area contributed by atoms with Crippen molar-refractivity contribution < 1.29 is 19.4 Å². The third-order valence-corrected chi connectivity index (χ3v) is 4.12. The van der Waals surface area contributed by atoms with E-state index in [0.29, 0.717) is 10.9 Å². The Bertz CT molecular complexity index is 1140. The largest absolute Gasteiger partial charge is 0.478 e. The van der Waals surface area contributed by atoms with Gasteiger partial charge in [0.25, 0.3) is 0 Å². The lowest BCUT2D eigenvalue weighted by Crippen LogP contribution is -2.05. The Morgan fingerprint density at radius 1 is 1.12 bits per heavy atom. The number of hydrogen-bond donors (Lipinski definition) is 2. The van der Waals surface area contributed by atoms with Crippen molar-refractivity contribution >= 4 is 33.7 Å². The quantitative estimate of drug-likeness (QED) is 0.548. The molecule has 4 aromatic rings. The summed E-state index contributed by atoms with van der Waals surface area (Å²) in [4.78, 5) is 23.0. The standard InChI is InChI=1S/C18H14N4O4/c1-2-26-18(25)16-12-7-8-14-13(15(12)20-21-16)9-19-22(14)11-5-3-10(4-6-11)17(23)24/h3-9,19H,2H2,1H3,(H,23,24). The molecule has 0 saturated heterocycles. The van der Waals surface area contributed by atoms with E-state index in [1.165, 1.54) is 12.1 Å². The van der Waals surface area contributed by atoms with Gasteiger partial charge in [0.1, 0.15) is 5.52 Å². The Labute approximate surface area is 147 Å². The molecule has 4 rings (SSSR count). The normalized spacial score (nSPS) is 11.1. The summed E-state index contributed by atoms with van der Waals surface area (Å²) in [5.41, 5.74) is 2.61. The van der Waals surface area contributed by atoms with E-state index in [1.54, 1.807) is 36.0 Å². The van der Waals surface area contributed by atoms with Gasteiger partial charge in [0.05, 0.1) is 23.4 Å². The molecule has 0 aliphatic rings. The first-order valence-corrected chi connectivity index (χ1v) is 7.96. The number of ether oxygens (including phenoxy) is 1. The fourth-order valence-corrected chi connectivity index (χ4v) is 2.90. The zero-order valence-corrected chi connectivity index (χ0v) is 13.8. The minimum atomic E-state index is -0.974. The summed E-state index contributed by atoms with van der Waals surface area (Å²) in [6, 6.07) is 10.1. The Morgan fingerprint density at radius 3 is 2.58 bits per heavy atom. The number of rotatable bonds is 4. The molecule has 0 aliphatic carbocycles. The van der Waals surface area contributed by atoms with E-state index in [1.807, 2.05) is 6.07 Å². The molecule has 0 bridgehead atoms. The third-order valence-electron chi connectivity index (χ3n) is 4.12. The molecule has 0 atom stereocenters. The van der Waals surface area contributed by atoms with Crippen LogP contribution in [-0.4, -0.2) is 43.6 Å². The lowest BCUT2D eigenvalue weighted by atomic mass is 10.1. The molecule has 2 N–H and O–H groups in total. The fraction of sp³-hybridized carbons (Fsp3) is 0.111. The van der Waals surface area contributed by atoms with E-state index in [2.05, 4.69) is 15.3 Å². The van der Waals surface area contributed by atoms with Gasteiger partial charge >= 0.3 is 11.9 Å². The van der Waals surface area contributed by atoms with Crippen LogP contribution in [0, 0.1) is 0 Å². The highest BCUT2D eigenvalue weighted by Gasteiger charge is 2.19. The van der Waals surface area contributed by atoms with Gasteiger partial charge in [-0.15, -0.1) is 10.2 Å². The number of esters is 1. The summed E-state index contributed by atoms with van der Waals surface area (Å²) in [6.07, 6.45) is 1.77. The number of carbonyl (C=O) groups excluding carboxylic acids is 1. The fourth-order valence-electron chi connectivity index (χ4n) is 2.90. The second-order valence-electron chi connectivity index (χ2n) is 5.62. The van der Waals surface area contributed by atoms with Gasteiger partial charge in [0.15, 0.2) is 5.69 Å². The Hall–Kier alpha value is -3.68. The maximum Gasteiger partial charge on any atom is 0.359 e. The number of benzene rings is 2. The van der Waals surface area contributed by atoms with Crippen molar-refractivity contribution in [3.63, 3.8) is 0 Å². The number of nitrogens with one attached hydrogen (secondary N) is 1. The summed E-state index contributed by atoms with van der Waals surface area (Å²) < 4.78 is 6.81. The van der Waals surface area contributed by atoms with Crippen LogP contribution in [0.15, 0.2) is 42.6 Å². The SMILES string of the molecule is CCOC(=O)c1nnc2c1ccc1c2c[nH]n1-c1ccc(C(=O)O)cc1. The molecular weight excluding hydrogens is 336 g/mol. The summed E-state index contributed by atoms with van der Waals surface area (Å²) in [7, 11) is 0. The molecule has 8 heteroatoms. The Kier molecular flexibility index (Phi) is 3.65. The summed E-state index contributed by atoms with van der Waals surface area (Å²) >= 11 is 0. The lowest BCUT2D eigenvalue weighted by molar-refractivity contribution is 0.0521. The van der Waals surface area contributed by atoms with Gasteiger partial charge in [-0.05, 0) is 43.3 Å². The predicted octanol–water partition coefficient (Wildman–Crippen LogP) is 2.78. The number of carboxylic acid groups (broad SMARTS) is 1. The maximum absolute atomic E-state index is 12.0. The first-order chi connectivity index (χ1) is 12.6. The van der Waals surface area contributed by atoms with Crippen molar-refractivity contribution in [2.24, 2.45) is 0 Å². The van der Waals surface area contributed by atoms with Crippen molar-refractivity contribution in [1.29, 1.82) is 0 Å². The number of carboxylic acids is 1. The van der Waals surface area contributed by atoms with Gasteiger partial charge in [-0.2, -0.15) is 0 Å². The number of hydrogen-bond acceptors (Lipinski definition) is 5. The second-order valence-corrected chi connectivity index (χ2v) is 5.62. The molecule has 8 nitrogen and oxygen atoms in total. The number of aromatic carboxylic acids is 1. The molecule has 2 heterocycles. The minimum Gasteiger partial charge on any atom is -0.478 e. The summed E-state index contributed by atoms with van der Waals surface area (Å²) in [6.45, 7) is 2.01. The van der Waals surface area contributed by atoms with Gasteiger partial charge in [-0.3, -0.25) is 4.68 Å². The van der Waals surface area contributed by atoms with Gasteiger partial charge in [-0.25, -0.2) is 9.59 Å². The molecular formula is C18H14N4O4. The van der Waals surface area contributed by atoms with Gasteiger partial charge in [-0.1, -0.05) is 0 Å². The topological polar surface area (TPSA) is 110 Å². The van der Waals surface area contributed by atoms with Crippen molar-refractivity contribution in [1.82, 2.24) is 20.0 Å². The van der Waals surface area contributed by atoms with Crippen molar-refractivity contribution in [3.05, 3.63) is 53.9 Å². The predicted molar refractivity (Wildman–Crippen MR) is 93.6 cm³/mol. The third kappa shape index (κ3) is 2.39. The molecule has 0 fully saturated rings. The average Bonchev–Trinajstić information content (AvgIpc) is 3.25. The first-order valence-electron chi connectivity index (χ1n) is 7.96. The number of fused-ring (bicyclic) bond motifs is 3. The van der Waals surface area contributed by atoms with Crippen LogP contribution in [0.4, 0.5) is 0 Å².